The Morgan fingerprint density at radius 2 is 2.00 bits per heavy atom. The molecule has 2 rings (SSSR count). The summed E-state index contributed by atoms with van der Waals surface area (Å²) >= 11 is 0. The molecule has 2 saturated heterocycles. The minimum atomic E-state index is 0.216. The molecule has 0 radical (unpaired) electrons. The Balaban J connectivity index is 2.03. The van der Waals surface area contributed by atoms with Crippen molar-refractivity contribution in [3.8, 4) is 0 Å². The maximum absolute atomic E-state index is 12.5. The highest BCUT2D eigenvalue weighted by molar-refractivity contribution is 5.80. The predicted octanol–water partition coefficient (Wildman–Crippen LogP) is 1.63. The molecule has 1 N–H and O–H groups in total. The van der Waals surface area contributed by atoms with Gasteiger partial charge in [-0.1, -0.05) is 6.92 Å². The van der Waals surface area contributed by atoms with Gasteiger partial charge in [-0.05, 0) is 45.6 Å². The van der Waals surface area contributed by atoms with E-state index in [0.717, 1.165) is 19.5 Å². The van der Waals surface area contributed by atoms with Crippen molar-refractivity contribution in [2.45, 2.75) is 52.1 Å². The lowest BCUT2D eigenvalue weighted by atomic mass is 9.90. The van der Waals surface area contributed by atoms with Gasteiger partial charge in [0.25, 0.3) is 0 Å². The van der Waals surface area contributed by atoms with Crippen molar-refractivity contribution < 1.29 is 4.79 Å². The molecule has 0 aromatic heterocycles. The van der Waals surface area contributed by atoms with Gasteiger partial charge in [-0.25, -0.2) is 0 Å². The van der Waals surface area contributed by atoms with Crippen molar-refractivity contribution in [3.63, 3.8) is 0 Å². The standard InChI is InChI=1S/C13H24N2O/c1-9-5-4-8-15(11(9)3)13(16)12-6-7-14-10(12)2/h9-12,14H,4-8H2,1-3H3. The molecule has 2 aliphatic heterocycles. The summed E-state index contributed by atoms with van der Waals surface area (Å²) in [5, 5.41) is 3.37. The molecule has 0 saturated carbocycles. The predicted molar refractivity (Wildman–Crippen MR) is 65.1 cm³/mol. The minimum absolute atomic E-state index is 0.216. The van der Waals surface area contributed by atoms with E-state index in [2.05, 4.69) is 31.0 Å². The summed E-state index contributed by atoms with van der Waals surface area (Å²) in [4.78, 5) is 14.6. The number of likely N-dealkylation sites (tertiary alicyclic amines) is 1. The number of nitrogens with one attached hydrogen (secondary N) is 1. The summed E-state index contributed by atoms with van der Waals surface area (Å²) in [5.74, 6) is 1.26. The van der Waals surface area contributed by atoms with Crippen molar-refractivity contribution in [2.75, 3.05) is 13.1 Å². The van der Waals surface area contributed by atoms with Crippen LogP contribution in [0.2, 0.25) is 0 Å². The van der Waals surface area contributed by atoms with Gasteiger partial charge in [0.05, 0.1) is 5.92 Å². The molecule has 4 unspecified atom stereocenters. The fourth-order valence-corrected chi connectivity index (χ4v) is 3.06. The van der Waals surface area contributed by atoms with Gasteiger partial charge in [0.1, 0.15) is 0 Å². The number of piperidine rings is 1. The zero-order chi connectivity index (χ0) is 11.7. The lowest BCUT2D eigenvalue weighted by molar-refractivity contribution is -0.140. The first-order valence-corrected chi connectivity index (χ1v) is 6.65. The Bertz CT molecular complexity index is 267. The number of carbonyl (C=O) groups excluding carboxylic acids is 1. The molecular formula is C13H24N2O. The molecule has 0 bridgehead atoms. The molecule has 92 valence electrons. The second-order valence-electron chi connectivity index (χ2n) is 5.53. The molecule has 0 aromatic carbocycles. The maximum Gasteiger partial charge on any atom is 0.227 e. The summed E-state index contributed by atoms with van der Waals surface area (Å²) in [6, 6.07) is 0.783. The van der Waals surface area contributed by atoms with Crippen molar-refractivity contribution in [1.82, 2.24) is 10.2 Å². The van der Waals surface area contributed by atoms with Gasteiger partial charge >= 0.3 is 0 Å². The topological polar surface area (TPSA) is 32.3 Å². The van der Waals surface area contributed by atoms with Crippen LogP contribution in [0.4, 0.5) is 0 Å². The Morgan fingerprint density at radius 3 is 2.62 bits per heavy atom. The third-order valence-electron chi connectivity index (χ3n) is 4.50. The second-order valence-corrected chi connectivity index (χ2v) is 5.53. The summed E-state index contributed by atoms with van der Waals surface area (Å²) in [7, 11) is 0. The zero-order valence-corrected chi connectivity index (χ0v) is 10.7. The Kier molecular flexibility index (Phi) is 3.53. The highest BCUT2D eigenvalue weighted by Crippen LogP contribution is 2.27. The van der Waals surface area contributed by atoms with E-state index in [1.165, 1.54) is 12.8 Å². The number of carbonyl (C=O) groups is 1. The first-order valence-electron chi connectivity index (χ1n) is 6.65. The van der Waals surface area contributed by atoms with E-state index >= 15 is 0 Å². The van der Waals surface area contributed by atoms with Gasteiger partial charge in [0, 0.05) is 18.6 Å². The molecule has 0 spiro atoms. The average molecular weight is 224 g/mol. The first kappa shape index (κ1) is 11.9. The van der Waals surface area contributed by atoms with E-state index in [-0.39, 0.29) is 5.92 Å². The van der Waals surface area contributed by atoms with Crippen LogP contribution in [0, 0.1) is 11.8 Å². The summed E-state index contributed by atoms with van der Waals surface area (Å²) < 4.78 is 0. The summed E-state index contributed by atoms with van der Waals surface area (Å²) in [6.07, 6.45) is 3.45. The average Bonchev–Trinajstić information content (AvgIpc) is 2.68. The van der Waals surface area contributed by atoms with Gasteiger partial charge in [0.2, 0.25) is 5.91 Å². The van der Waals surface area contributed by atoms with E-state index < -0.39 is 0 Å². The molecule has 3 nitrogen and oxygen atoms in total. The molecule has 1 amide bonds. The first-order chi connectivity index (χ1) is 7.61. The van der Waals surface area contributed by atoms with Crippen LogP contribution >= 0.6 is 0 Å². The van der Waals surface area contributed by atoms with Crippen molar-refractivity contribution in [1.29, 1.82) is 0 Å². The van der Waals surface area contributed by atoms with Gasteiger partial charge in [-0.15, -0.1) is 0 Å². The van der Waals surface area contributed by atoms with E-state index in [0.29, 0.717) is 23.9 Å². The zero-order valence-electron chi connectivity index (χ0n) is 10.7. The van der Waals surface area contributed by atoms with Crippen molar-refractivity contribution in [3.05, 3.63) is 0 Å². The van der Waals surface area contributed by atoms with Crippen LogP contribution in [-0.2, 0) is 4.79 Å². The van der Waals surface area contributed by atoms with Crippen LogP contribution in [0.25, 0.3) is 0 Å². The quantitative estimate of drug-likeness (QED) is 0.734. The van der Waals surface area contributed by atoms with Crippen LogP contribution in [0.5, 0.6) is 0 Å². The molecular weight excluding hydrogens is 200 g/mol. The van der Waals surface area contributed by atoms with Crippen LogP contribution < -0.4 is 5.32 Å². The molecule has 4 atom stereocenters. The fourth-order valence-electron chi connectivity index (χ4n) is 3.06. The lowest BCUT2D eigenvalue weighted by Crippen LogP contribution is -2.49. The Labute approximate surface area is 98.6 Å². The van der Waals surface area contributed by atoms with Crippen LogP contribution in [0.15, 0.2) is 0 Å². The summed E-state index contributed by atoms with van der Waals surface area (Å²) in [6.45, 7) is 8.56. The number of rotatable bonds is 1. The van der Waals surface area contributed by atoms with E-state index in [9.17, 15) is 4.79 Å². The normalized spacial score (nSPS) is 40.1. The third kappa shape index (κ3) is 2.10. The molecule has 2 fully saturated rings. The maximum atomic E-state index is 12.5. The smallest absolute Gasteiger partial charge is 0.227 e. The van der Waals surface area contributed by atoms with Crippen LogP contribution in [-0.4, -0.2) is 36.0 Å². The second kappa shape index (κ2) is 4.74. The van der Waals surface area contributed by atoms with E-state index in [1.54, 1.807) is 0 Å². The van der Waals surface area contributed by atoms with Gasteiger partial charge < -0.3 is 10.2 Å². The number of hydrogen-bond donors (Lipinski definition) is 1. The monoisotopic (exact) mass is 224 g/mol. The van der Waals surface area contributed by atoms with Gasteiger partial charge in [-0.2, -0.15) is 0 Å². The molecule has 3 heteroatoms. The largest absolute Gasteiger partial charge is 0.339 e. The molecule has 0 aromatic rings. The number of hydrogen-bond acceptors (Lipinski definition) is 2. The van der Waals surface area contributed by atoms with Crippen molar-refractivity contribution >= 4 is 5.91 Å². The van der Waals surface area contributed by atoms with Gasteiger partial charge in [-0.3, -0.25) is 4.79 Å². The Morgan fingerprint density at radius 1 is 1.25 bits per heavy atom. The van der Waals surface area contributed by atoms with Crippen LogP contribution in [0.1, 0.15) is 40.0 Å². The minimum Gasteiger partial charge on any atom is -0.339 e. The third-order valence-corrected chi connectivity index (χ3v) is 4.50. The highest BCUT2D eigenvalue weighted by atomic mass is 16.2. The molecule has 2 heterocycles. The van der Waals surface area contributed by atoms with Crippen LogP contribution in [0.3, 0.4) is 0 Å². The van der Waals surface area contributed by atoms with E-state index in [1.807, 2.05) is 0 Å². The SMILES string of the molecule is CC1CCCN(C(=O)C2CCNC2C)C1C. The lowest BCUT2D eigenvalue weighted by Gasteiger charge is -2.39. The Hall–Kier alpha value is -0.570. The fraction of sp³-hybridized carbons (Fsp3) is 0.923. The number of nitrogens with zero attached hydrogens (tertiary/aromatic N) is 1. The molecule has 0 aliphatic carbocycles. The molecule has 2 aliphatic rings. The number of amides is 1. The highest BCUT2D eigenvalue weighted by Gasteiger charge is 2.36. The van der Waals surface area contributed by atoms with Crippen molar-refractivity contribution in [2.24, 2.45) is 11.8 Å². The van der Waals surface area contributed by atoms with E-state index in [4.69, 9.17) is 0 Å². The molecule has 16 heavy (non-hydrogen) atoms. The van der Waals surface area contributed by atoms with Gasteiger partial charge in [0.15, 0.2) is 0 Å². The summed E-state index contributed by atoms with van der Waals surface area (Å²) in [5.41, 5.74) is 0.